The number of ether oxygens (including phenoxy) is 1. The molecule has 0 atom stereocenters. The summed E-state index contributed by atoms with van der Waals surface area (Å²) in [5.74, 6) is 1.55. The molecule has 0 fully saturated rings. The summed E-state index contributed by atoms with van der Waals surface area (Å²) in [4.78, 5) is 0.352. The van der Waals surface area contributed by atoms with Crippen molar-refractivity contribution < 1.29 is 4.74 Å². The lowest BCUT2D eigenvalue weighted by molar-refractivity contribution is 0.477. The van der Waals surface area contributed by atoms with E-state index in [0.717, 1.165) is 29.0 Å². The van der Waals surface area contributed by atoms with Crippen molar-refractivity contribution in [2.24, 2.45) is 5.73 Å². The zero-order chi connectivity index (χ0) is 13.8. The van der Waals surface area contributed by atoms with Gasteiger partial charge in [-0.05, 0) is 42.7 Å². The number of para-hydroxylation sites is 1. The molecular formula is C16H17NOS. The Morgan fingerprint density at radius 1 is 1.21 bits per heavy atom. The first-order valence-corrected chi connectivity index (χ1v) is 6.69. The van der Waals surface area contributed by atoms with Crippen molar-refractivity contribution in [3.8, 4) is 11.5 Å². The van der Waals surface area contributed by atoms with Gasteiger partial charge in [-0.2, -0.15) is 0 Å². The highest BCUT2D eigenvalue weighted by Gasteiger charge is 2.10. The molecule has 0 aliphatic carbocycles. The maximum atomic E-state index is 5.98. The minimum absolute atomic E-state index is 0.352. The van der Waals surface area contributed by atoms with Crippen LogP contribution in [0.4, 0.5) is 0 Å². The molecule has 3 heteroatoms. The lowest BCUT2D eigenvalue weighted by Gasteiger charge is -2.13. The van der Waals surface area contributed by atoms with Crippen LogP contribution < -0.4 is 10.5 Å². The van der Waals surface area contributed by atoms with Gasteiger partial charge in [0.15, 0.2) is 0 Å². The van der Waals surface area contributed by atoms with E-state index in [1.54, 1.807) is 0 Å². The van der Waals surface area contributed by atoms with Gasteiger partial charge in [0.2, 0.25) is 0 Å². The van der Waals surface area contributed by atoms with Gasteiger partial charge in [-0.3, -0.25) is 0 Å². The summed E-state index contributed by atoms with van der Waals surface area (Å²) < 4.78 is 5.98. The van der Waals surface area contributed by atoms with Crippen molar-refractivity contribution in [3.63, 3.8) is 0 Å². The second-order valence-corrected chi connectivity index (χ2v) is 4.86. The minimum atomic E-state index is 0.352. The molecule has 98 valence electrons. The molecule has 0 aromatic heterocycles. The van der Waals surface area contributed by atoms with Gasteiger partial charge in [-0.15, -0.1) is 0 Å². The van der Waals surface area contributed by atoms with E-state index in [2.05, 4.69) is 13.0 Å². The van der Waals surface area contributed by atoms with Crippen molar-refractivity contribution in [1.82, 2.24) is 0 Å². The van der Waals surface area contributed by atoms with Gasteiger partial charge in [0.25, 0.3) is 0 Å². The number of rotatable bonds is 4. The average Bonchev–Trinajstić information content (AvgIpc) is 2.41. The van der Waals surface area contributed by atoms with Gasteiger partial charge >= 0.3 is 0 Å². The first kappa shape index (κ1) is 13.6. The van der Waals surface area contributed by atoms with Crippen molar-refractivity contribution in [3.05, 3.63) is 59.2 Å². The number of hydrogen-bond donors (Lipinski definition) is 1. The quantitative estimate of drug-likeness (QED) is 0.854. The highest BCUT2D eigenvalue weighted by atomic mass is 32.1. The van der Waals surface area contributed by atoms with Crippen LogP contribution in [0.25, 0.3) is 0 Å². The van der Waals surface area contributed by atoms with Crippen LogP contribution in [0.3, 0.4) is 0 Å². The first-order valence-electron chi connectivity index (χ1n) is 6.28. The molecule has 0 aliphatic heterocycles. The van der Waals surface area contributed by atoms with E-state index < -0.39 is 0 Å². The number of nitrogens with two attached hydrogens (primary N) is 1. The fraction of sp³-hybridized carbons (Fsp3) is 0.188. The smallest absolute Gasteiger partial charge is 0.140 e. The summed E-state index contributed by atoms with van der Waals surface area (Å²) in [5.41, 5.74) is 8.78. The van der Waals surface area contributed by atoms with Gasteiger partial charge < -0.3 is 10.5 Å². The van der Waals surface area contributed by atoms with Crippen LogP contribution in [0, 0.1) is 6.92 Å². The maximum absolute atomic E-state index is 5.98. The molecule has 0 saturated carbocycles. The fourth-order valence-electron chi connectivity index (χ4n) is 1.93. The predicted molar refractivity (Wildman–Crippen MR) is 83.0 cm³/mol. The summed E-state index contributed by atoms with van der Waals surface area (Å²) in [6.45, 7) is 4.11. The first-order chi connectivity index (χ1) is 9.11. The third-order valence-corrected chi connectivity index (χ3v) is 3.22. The molecule has 2 N–H and O–H groups in total. The van der Waals surface area contributed by atoms with E-state index in [9.17, 15) is 0 Å². The Morgan fingerprint density at radius 3 is 2.63 bits per heavy atom. The Balaban J connectivity index is 2.40. The third kappa shape index (κ3) is 3.12. The number of benzene rings is 2. The molecular weight excluding hydrogens is 254 g/mol. The molecule has 0 unspecified atom stereocenters. The van der Waals surface area contributed by atoms with Crippen LogP contribution in [0.5, 0.6) is 11.5 Å². The molecule has 0 amide bonds. The number of thiocarbonyl (C=S) groups is 1. The molecule has 2 aromatic carbocycles. The largest absolute Gasteiger partial charge is 0.456 e. The van der Waals surface area contributed by atoms with Crippen LogP contribution in [0.1, 0.15) is 23.6 Å². The van der Waals surface area contributed by atoms with Crippen molar-refractivity contribution in [1.29, 1.82) is 0 Å². The average molecular weight is 271 g/mol. The summed E-state index contributed by atoms with van der Waals surface area (Å²) in [7, 11) is 0. The van der Waals surface area contributed by atoms with E-state index in [0.29, 0.717) is 4.99 Å². The third-order valence-electron chi connectivity index (χ3n) is 3.00. The zero-order valence-electron chi connectivity index (χ0n) is 11.1. The Bertz CT molecular complexity index is 607. The Hall–Kier alpha value is -1.87. The van der Waals surface area contributed by atoms with Gasteiger partial charge in [0.1, 0.15) is 16.5 Å². The molecule has 0 aliphatic rings. The second kappa shape index (κ2) is 5.85. The maximum Gasteiger partial charge on any atom is 0.140 e. The van der Waals surface area contributed by atoms with Crippen molar-refractivity contribution in [2.45, 2.75) is 20.3 Å². The van der Waals surface area contributed by atoms with Crippen LogP contribution >= 0.6 is 12.2 Å². The SMILES string of the molecule is CCc1cccc(Oc2c(C)cccc2C(N)=S)c1. The van der Waals surface area contributed by atoms with Crippen LogP contribution in [0.2, 0.25) is 0 Å². The summed E-state index contributed by atoms with van der Waals surface area (Å²) in [6, 6.07) is 13.9. The van der Waals surface area contributed by atoms with Gasteiger partial charge in [-0.25, -0.2) is 0 Å². The molecule has 0 heterocycles. The van der Waals surface area contributed by atoms with E-state index in [-0.39, 0.29) is 0 Å². The van der Waals surface area contributed by atoms with Crippen molar-refractivity contribution in [2.75, 3.05) is 0 Å². The highest BCUT2D eigenvalue weighted by molar-refractivity contribution is 7.80. The summed E-state index contributed by atoms with van der Waals surface area (Å²) in [5, 5.41) is 0. The molecule has 2 rings (SSSR count). The van der Waals surface area contributed by atoms with Crippen LogP contribution in [-0.2, 0) is 6.42 Å². The predicted octanol–water partition coefficient (Wildman–Crippen LogP) is 3.98. The Labute approximate surface area is 119 Å². The standard InChI is InChI=1S/C16H17NOS/c1-3-12-7-5-8-13(10-12)18-15-11(2)6-4-9-14(15)16(17)19/h4-10H,3H2,1-2H3,(H2,17,19). The van der Waals surface area contributed by atoms with Crippen LogP contribution in [-0.4, -0.2) is 4.99 Å². The van der Waals surface area contributed by atoms with E-state index in [1.807, 2.05) is 43.3 Å². The van der Waals surface area contributed by atoms with E-state index in [1.165, 1.54) is 5.56 Å². The molecule has 0 spiro atoms. The number of aryl methyl sites for hydroxylation is 2. The summed E-state index contributed by atoms with van der Waals surface area (Å²) in [6.07, 6.45) is 0.979. The lowest BCUT2D eigenvalue weighted by Crippen LogP contribution is -2.11. The van der Waals surface area contributed by atoms with Crippen LogP contribution in [0.15, 0.2) is 42.5 Å². The molecule has 0 bridgehead atoms. The molecule has 2 aromatic rings. The Morgan fingerprint density at radius 2 is 1.95 bits per heavy atom. The molecule has 2 nitrogen and oxygen atoms in total. The van der Waals surface area contributed by atoms with E-state index in [4.69, 9.17) is 22.7 Å². The molecule has 19 heavy (non-hydrogen) atoms. The monoisotopic (exact) mass is 271 g/mol. The van der Waals surface area contributed by atoms with Crippen molar-refractivity contribution >= 4 is 17.2 Å². The second-order valence-electron chi connectivity index (χ2n) is 4.42. The minimum Gasteiger partial charge on any atom is -0.456 e. The van der Waals surface area contributed by atoms with Gasteiger partial charge in [-0.1, -0.05) is 43.4 Å². The normalized spacial score (nSPS) is 10.2. The topological polar surface area (TPSA) is 35.2 Å². The van der Waals surface area contributed by atoms with E-state index >= 15 is 0 Å². The van der Waals surface area contributed by atoms with Gasteiger partial charge in [0.05, 0.1) is 5.56 Å². The molecule has 0 radical (unpaired) electrons. The zero-order valence-corrected chi connectivity index (χ0v) is 12.0. The van der Waals surface area contributed by atoms with Gasteiger partial charge in [0, 0.05) is 0 Å². The highest BCUT2D eigenvalue weighted by Crippen LogP contribution is 2.29. The number of hydrogen-bond acceptors (Lipinski definition) is 2. The lowest BCUT2D eigenvalue weighted by atomic mass is 10.1. The molecule has 0 saturated heterocycles. The fourth-order valence-corrected chi connectivity index (χ4v) is 2.09. The Kier molecular flexibility index (Phi) is 4.17. The summed E-state index contributed by atoms with van der Waals surface area (Å²) >= 11 is 5.07.